The summed E-state index contributed by atoms with van der Waals surface area (Å²) in [5, 5.41) is 6.67. The van der Waals surface area contributed by atoms with E-state index in [4.69, 9.17) is 9.47 Å². The second-order valence-electron chi connectivity index (χ2n) is 10.7. The van der Waals surface area contributed by atoms with E-state index in [0.717, 1.165) is 33.9 Å². The highest BCUT2D eigenvalue weighted by Gasteiger charge is 2.25. The lowest BCUT2D eigenvalue weighted by atomic mass is 9.98. The summed E-state index contributed by atoms with van der Waals surface area (Å²) in [4.78, 5) is 34.9. The molecule has 2 aromatic carbocycles. The molecule has 0 saturated carbocycles. The van der Waals surface area contributed by atoms with Gasteiger partial charge in [0.15, 0.2) is 0 Å². The van der Waals surface area contributed by atoms with Gasteiger partial charge >= 0.3 is 6.09 Å². The largest absolute Gasteiger partial charge is 0.492 e. The van der Waals surface area contributed by atoms with Gasteiger partial charge in [0, 0.05) is 49.0 Å². The Balaban J connectivity index is 1.34. The second-order valence-corrected chi connectivity index (χ2v) is 11.5. The van der Waals surface area contributed by atoms with E-state index in [2.05, 4.69) is 36.5 Å². The van der Waals surface area contributed by atoms with Gasteiger partial charge in [-0.15, -0.1) is 0 Å². The maximum Gasteiger partial charge on any atom is 0.409 e. The van der Waals surface area contributed by atoms with Crippen molar-refractivity contribution in [1.82, 2.24) is 20.2 Å². The molecule has 10 heteroatoms. The quantitative estimate of drug-likeness (QED) is 0.363. The zero-order chi connectivity index (χ0) is 27.3. The average Bonchev–Trinajstić information content (AvgIpc) is 2.90. The average molecular weight is 585 g/mol. The maximum absolute atomic E-state index is 12.3. The van der Waals surface area contributed by atoms with Crippen molar-refractivity contribution in [2.45, 2.75) is 33.6 Å². The molecule has 0 bridgehead atoms. The first-order valence-corrected chi connectivity index (χ1v) is 13.5. The Morgan fingerprint density at radius 2 is 1.84 bits per heavy atom. The van der Waals surface area contributed by atoms with Crippen molar-refractivity contribution in [2.24, 2.45) is 11.3 Å². The number of nitrogens with one attached hydrogen (secondary N) is 2. The topological polar surface area (TPSA) is 106 Å². The van der Waals surface area contributed by atoms with E-state index >= 15 is 0 Å². The van der Waals surface area contributed by atoms with Crippen molar-refractivity contribution in [2.75, 3.05) is 38.7 Å². The Hall–Kier alpha value is -3.40. The van der Waals surface area contributed by atoms with Crippen LogP contribution >= 0.6 is 15.9 Å². The fourth-order valence-electron chi connectivity index (χ4n) is 4.04. The van der Waals surface area contributed by atoms with Crippen LogP contribution in [-0.2, 0) is 4.74 Å². The molecule has 0 atom stereocenters. The van der Waals surface area contributed by atoms with E-state index in [1.165, 1.54) is 0 Å². The maximum atomic E-state index is 12.3. The standard InChI is InChI=1S/C28H34BrN5O4/c1-28(2,3)17-38-27(36)34-11-9-18(10-12-34)16-37-24-14-23-20(13-22(24)29)15-31-26(33-23)32-21-7-5-19(6-8-21)25(35)30-4/h5-8,13-15,18H,9-12,16-17H2,1-4H3,(H,30,35)(H,31,32,33). The van der Waals surface area contributed by atoms with Gasteiger partial charge in [-0.25, -0.2) is 14.8 Å². The molecule has 1 aliphatic rings. The van der Waals surface area contributed by atoms with E-state index < -0.39 is 0 Å². The highest BCUT2D eigenvalue weighted by molar-refractivity contribution is 9.10. The van der Waals surface area contributed by atoms with Crippen LogP contribution in [0.3, 0.4) is 0 Å². The number of hydrogen-bond donors (Lipinski definition) is 2. The molecule has 0 radical (unpaired) electrons. The van der Waals surface area contributed by atoms with E-state index in [9.17, 15) is 9.59 Å². The Labute approximate surface area is 231 Å². The Bertz CT molecular complexity index is 1280. The van der Waals surface area contributed by atoms with Crippen LogP contribution < -0.4 is 15.4 Å². The summed E-state index contributed by atoms with van der Waals surface area (Å²) >= 11 is 3.60. The molecular weight excluding hydrogens is 550 g/mol. The third-order valence-electron chi connectivity index (χ3n) is 6.24. The Morgan fingerprint density at radius 1 is 1.13 bits per heavy atom. The number of amides is 2. The number of halogens is 1. The number of likely N-dealkylation sites (tertiary alicyclic amines) is 1. The first-order chi connectivity index (χ1) is 18.1. The van der Waals surface area contributed by atoms with Crippen LogP contribution in [0.15, 0.2) is 47.1 Å². The van der Waals surface area contributed by atoms with Crippen molar-refractivity contribution >= 4 is 50.5 Å². The minimum Gasteiger partial charge on any atom is -0.492 e. The summed E-state index contributed by atoms with van der Waals surface area (Å²) in [5.74, 6) is 1.37. The molecule has 9 nitrogen and oxygen atoms in total. The number of aromatic nitrogens is 2. The van der Waals surface area contributed by atoms with Gasteiger partial charge in [0.1, 0.15) is 5.75 Å². The number of benzene rings is 2. The van der Waals surface area contributed by atoms with Gasteiger partial charge in [0.2, 0.25) is 5.95 Å². The molecule has 2 amide bonds. The molecular formula is C28H34BrN5O4. The first kappa shape index (κ1) is 27.6. The zero-order valence-corrected chi connectivity index (χ0v) is 23.8. The highest BCUT2D eigenvalue weighted by atomic mass is 79.9. The van der Waals surface area contributed by atoms with Gasteiger partial charge in [-0.1, -0.05) is 20.8 Å². The van der Waals surface area contributed by atoms with Crippen molar-refractivity contribution in [3.63, 3.8) is 0 Å². The minimum atomic E-state index is -0.233. The van der Waals surface area contributed by atoms with Crippen LogP contribution in [-0.4, -0.2) is 60.2 Å². The number of fused-ring (bicyclic) bond motifs is 1. The molecule has 1 saturated heterocycles. The molecule has 202 valence electrons. The molecule has 1 aromatic heterocycles. The minimum absolute atomic E-state index is 0.0454. The van der Waals surface area contributed by atoms with Gasteiger partial charge in [0.25, 0.3) is 5.91 Å². The summed E-state index contributed by atoms with van der Waals surface area (Å²) in [6, 6.07) is 10.9. The molecule has 0 spiro atoms. The predicted octanol–water partition coefficient (Wildman–Crippen LogP) is 5.77. The normalized spacial score (nSPS) is 14.3. The van der Waals surface area contributed by atoms with Gasteiger partial charge in [-0.2, -0.15) is 0 Å². The van der Waals surface area contributed by atoms with Crippen LogP contribution in [0, 0.1) is 11.3 Å². The van der Waals surface area contributed by atoms with Crippen LogP contribution in [0.4, 0.5) is 16.4 Å². The Morgan fingerprint density at radius 3 is 2.50 bits per heavy atom. The number of hydrogen-bond acceptors (Lipinski definition) is 7. The molecule has 0 aliphatic carbocycles. The van der Waals surface area contributed by atoms with Crippen LogP contribution in [0.5, 0.6) is 5.75 Å². The van der Waals surface area contributed by atoms with Crippen molar-refractivity contribution in [3.05, 3.63) is 52.6 Å². The van der Waals surface area contributed by atoms with Crippen LogP contribution in [0.2, 0.25) is 0 Å². The molecule has 0 unspecified atom stereocenters. The smallest absolute Gasteiger partial charge is 0.409 e. The summed E-state index contributed by atoms with van der Waals surface area (Å²) in [5.41, 5.74) is 2.06. The second kappa shape index (κ2) is 12.0. The summed E-state index contributed by atoms with van der Waals surface area (Å²) in [7, 11) is 1.60. The number of carbonyl (C=O) groups excluding carboxylic acids is 2. The molecule has 3 aromatic rings. The molecule has 2 N–H and O–H groups in total. The SMILES string of the molecule is CNC(=O)c1ccc(Nc2ncc3cc(Br)c(OCC4CCN(C(=O)OCC(C)(C)C)CC4)cc3n2)cc1. The van der Waals surface area contributed by atoms with Gasteiger partial charge in [-0.3, -0.25) is 4.79 Å². The van der Waals surface area contributed by atoms with Gasteiger partial charge < -0.3 is 25.0 Å². The number of piperidine rings is 1. The monoisotopic (exact) mass is 583 g/mol. The number of nitrogens with zero attached hydrogens (tertiary/aromatic N) is 3. The highest BCUT2D eigenvalue weighted by Crippen LogP contribution is 2.31. The summed E-state index contributed by atoms with van der Waals surface area (Å²) < 4.78 is 12.5. The number of carbonyl (C=O) groups is 2. The van der Waals surface area contributed by atoms with Crippen molar-refractivity contribution in [3.8, 4) is 5.75 Å². The van der Waals surface area contributed by atoms with Gasteiger partial charge in [-0.05, 0) is 70.4 Å². The fraction of sp³-hybridized carbons (Fsp3) is 0.429. The Kier molecular flexibility index (Phi) is 8.71. The fourth-order valence-corrected chi connectivity index (χ4v) is 4.52. The van der Waals surface area contributed by atoms with E-state index in [-0.39, 0.29) is 17.4 Å². The van der Waals surface area contributed by atoms with E-state index in [1.54, 1.807) is 30.3 Å². The lowest BCUT2D eigenvalue weighted by Crippen LogP contribution is -2.40. The molecule has 2 heterocycles. The van der Waals surface area contributed by atoms with Crippen molar-refractivity contribution < 1.29 is 19.1 Å². The number of anilines is 2. The van der Waals surface area contributed by atoms with Crippen molar-refractivity contribution in [1.29, 1.82) is 0 Å². The molecule has 4 rings (SSSR count). The third kappa shape index (κ3) is 7.34. The summed E-state index contributed by atoms with van der Waals surface area (Å²) in [6.45, 7) is 8.45. The van der Waals surface area contributed by atoms with Crippen LogP contribution in [0.25, 0.3) is 10.9 Å². The zero-order valence-electron chi connectivity index (χ0n) is 22.2. The lowest BCUT2D eigenvalue weighted by Gasteiger charge is -2.32. The molecule has 1 aliphatic heterocycles. The third-order valence-corrected chi connectivity index (χ3v) is 6.86. The van der Waals surface area contributed by atoms with E-state index in [0.29, 0.717) is 49.5 Å². The lowest BCUT2D eigenvalue weighted by molar-refractivity contribution is 0.0580. The number of rotatable bonds is 7. The summed E-state index contributed by atoms with van der Waals surface area (Å²) in [6.07, 6.45) is 3.25. The van der Waals surface area contributed by atoms with Crippen LogP contribution in [0.1, 0.15) is 44.0 Å². The molecule has 38 heavy (non-hydrogen) atoms. The van der Waals surface area contributed by atoms with Gasteiger partial charge in [0.05, 0.1) is 23.2 Å². The van der Waals surface area contributed by atoms with E-state index in [1.807, 2.05) is 45.0 Å². The molecule has 1 fully saturated rings. The number of ether oxygens (including phenoxy) is 2. The first-order valence-electron chi connectivity index (χ1n) is 12.7. The predicted molar refractivity (Wildman–Crippen MR) is 151 cm³/mol.